The topological polar surface area (TPSA) is 55.1 Å². The highest BCUT2D eigenvalue weighted by molar-refractivity contribution is 9.10. The van der Waals surface area contributed by atoms with Crippen molar-refractivity contribution >= 4 is 44.5 Å². The normalized spacial score (nSPS) is 10.1. The minimum absolute atomic E-state index is 0.119. The Hall–Kier alpha value is -1.33. The summed E-state index contributed by atoms with van der Waals surface area (Å²) in [5, 5.41) is 6.48. The molecule has 0 fully saturated rings. The first-order valence-corrected chi connectivity index (χ1v) is 6.29. The number of carbonyl (C=O) groups excluding carboxylic acids is 1. The number of thiophene rings is 1. The fraction of sp³-hybridized carbons (Fsp3) is 0. The molecule has 1 amide bonds. The van der Waals surface area contributed by atoms with E-state index in [1.165, 1.54) is 11.3 Å². The van der Waals surface area contributed by atoms with Crippen molar-refractivity contribution in [2.24, 2.45) is 0 Å². The number of anilines is 2. The number of hydrogen-bond acceptors (Lipinski definition) is 3. The van der Waals surface area contributed by atoms with Gasteiger partial charge in [-0.2, -0.15) is 11.3 Å². The van der Waals surface area contributed by atoms with E-state index in [1.807, 2.05) is 5.38 Å². The van der Waals surface area contributed by atoms with Crippen molar-refractivity contribution in [1.82, 2.24) is 0 Å². The van der Waals surface area contributed by atoms with Gasteiger partial charge < -0.3 is 11.1 Å². The van der Waals surface area contributed by atoms with Crippen molar-refractivity contribution in [3.05, 3.63) is 45.1 Å². The minimum Gasteiger partial charge on any atom is -0.399 e. The number of carbonyl (C=O) groups is 1. The zero-order valence-electron chi connectivity index (χ0n) is 8.24. The molecule has 0 atom stereocenters. The maximum atomic E-state index is 11.8. The van der Waals surface area contributed by atoms with Crippen LogP contribution in [0, 0.1) is 0 Å². The Kier molecular flexibility index (Phi) is 3.26. The van der Waals surface area contributed by atoms with Gasteiger partial charge in [0.25, 0.3) is 5.91 Å². The van der Waals surface area contributed by atoms with Gasteiger partial charge in [-0.3, -0.25) is 4.79 Å². The third kappa shape index (κ3) is 2.43. The van der Waals surface area contributed by atoms with Gasteiger partial charge in [-0.25, -0.2) is 0 Å². The van der Waals surface area contributed by atoms with Crippen molar-refractivity contribution in [1.29, 1.82) is 0 Å². The minimum atomic E-state index is -0.119. The molecule has 2 rings (SSSR count). The van der Waals surface area contributed by atoms with Gasteiger partial charge in [-0.05, 0) is 45.6 Å². The lowest BCUT2D eigenvalue weighted by atomic mass is 10.2. The summed E-state index contributed by atoms with van der Waals surface area (Å²) in [6.07, 6.45) is 0. The first-order chi connectivity index (χ1) is 7.66. The van der Waals surface area contributed by atoms with Crippen molar-refractivity contribution in [2.75, 3.05) is 11.1 Å². The fourth-order valence-electron chi connectivity index (χ4n) is 1.22. The van der Waals surface area contributed by atoms with Crippen molar-refractivity contribution in [2.45, 2.75) is 0 Å². The predicted octanol–water partition coefficient (Wildman–Crippen LogP) is 3.35. The van der Waals surface area contributed by atoms with E-state index in [0.29, 0.717) is 16.9 Å². The van der Waals surface area contributed by atoms with Crippen molar-refractivity contribution < 1.29 is 4.79 Å². The molecular weight excluding hydrogens is 288 g/mol. The number of nitrogen functional groups attached to an aromatic ring is 1. The van der Waals surface area contributed by atoms with E-state index >= 15 is 0 Å². The SMILES string of the molecule is Nc1ccc(NC(=O)c2ccsc2)c(Br)c1. The van der Waals surface area contributed by atoms with Gasteiger partial charge in [-0.1, -0.05) is 0 Å². The largest absolute Gasteiger partial charge is 0.399 e. The maximum Gasteiger partial charge on any atom is 0.256 e. The van der Waals surface area contributed by atoms with Gasteiger partial charge in [0.15, 0.2) is 0 Å². The smallest absolute Gasteiger partial charge is 0.256 e. The average molecular weight is 297 g/mol. The molecule has 1 aromatic heterocycles. The number of rotatable bonds is 2. The van der Waals surface area contributed by atoms with Gasteiger partial charge in [0, 0.05) is 15.5 Å². The molecule has 0 bridgehead atoms. The van der Waals surface area contributed by atoms with E-state index < -0.39 is 0 Å². The molecule has 82 valence electrons. The molecule has 3 N–H and O–H groups in total. The molecule has 1 aromatic carbocycles. The van der Waals surface area contributed by atoms with Crippen LogP contribution in [0.5, 0.6) is 0 Å². The Morgan fingerprint density at radius 2 is 2.19 bits per heavy atom. The number of nitrogens with two attached hydrogens (primary N) is 1. The standard InChI is InChI=1S/C11H9BrN2OS/c12-9-5-8(13)1-2-10(9)14-11(15)7-3-4-16-6-7/h1-6H,13H2,(H,14,15). The second-order valence-corrected chi connectivity index (χ2v) is 4.84. The Morgan fingerprint density at radius 1 is 1.38 bits per heavy atom. The highest BCUT2D eigenvalue weighted by Crippen LogP contribution is 2.25. The first-order valence-electron chi connectivity index (χ1n) is 4.55. The Bertz CT molecular complexity index is 511. The monoisotopic (exact) mass is 296 g/mol. The molecule has 3 nitrogen and oxygen atoms in total. The zero-order valence-corrected chi connectivity index (χ0v) is 10.6. The van der Waals surface area contributed by atoms with E-state index in [9.17, 15) is 4.79 Å². The summed E-state index contributed by atoms with van der Waals surface area (Å²) in [6, 6.07) is 7.05. The van der Waals surface area contributed by atoms with Gasteiger partial charge in [0.05, 0.1) is 11.3 Å². The number of nitrogens with one attached hydrogen (secondary N) is 1. The van der Waals surface area contributed by atoms with Crippen molar-refractivity contribution in [3.8, 4) is 0 Å². The number of halogens is 1. The summed E-state index contributed by atoms with van der Waals surface area (Å²) >= 11 is 4.84. The van der Waals surface area contributed by atoms with Crippen LogP contribution in [0.15, 0.2) is 39.5 Å². The lowest BCUT2D eigenvalue weighted by Gasteiger charge is -2.06. The van der Waals surface area contributed by atoms with Crippen LogP contribution in [0.4, 0.5) is 11.4 Å². The quantitative estimate of drug-likeness (QED) is 0.835. The molecule has 1 heterocycles. The summed E-state index contributed by atoms with van der Waals surface area (Å²) in [5.74, 6) is -0.119. The number of benzene rings is 1. The lowest BCUT2D eigenvalue weighted by Crippen LogP contribution is -2.11. The molecule has 2 aromatic rings. The summed E-state index contributed by atoms with van der Waals surface area (Å²) in [6.45, 7) is 0. The Labute approximate surface area is 105 Å². The third-order valence-corrected chi connectivity index (χ3v) is 3.36. The molecule has 0 unspecified atom stereocenters. The van der Waals surface area contributed by atoms with Gasteiger partial charge in [0.1, 0.15) is 0 Å². The van der Waals surface area contributed by atoms with Gasteiger partial charge in [0.2, 0.25) is 0 Å². The first kappa shape index (κ1) is 11.2. The van der Waals surface area contributed by atoms with E-state index in [0.717, 1.165) is 4.47 Å². The lowest BCUT2D eigenvalue weighted by molar-refractivity contribution is 0.102. The predicted molar refractivity (Wildman–Crippen MR) is 70.8 cm³/mol. The van der Waals surface area contributed by atoms with Crippen LogP contribution in [0.1, 0.15) is 10.4 Å². The Morgan fingerprint density at radius 3 is 2.81 bits per heavy atom. The molecule has 5 heteroatoms. The molecule has 0 radical (unpaired) electrons. The van der Waals surface area contributed by atoms with E-state index in [-0.39, 0.29) is 5.91 Å². The van der Waals surface area contributed by atoms with Crippen LogP contribution < -0.4 is 11.1 Å². The summed E-state index contributed by atoms with van der Waals surface area (Å²) in [7, 11) is 0. The third-order valence-electron chi connectivity index (χ3n) is 2.02. The number of amides is 1. The van der Waals surface area contributed by atoms with E-state index in [4.69, 9.17) is 5.73 Å². The molecule has 16 heavy (non-hydrogen) atoms. The molecule has 0 aliphatic carbocycles. The van der Waals surface area contributed by atoms with Crippen LogP contribution in [0.3, 0.4) is 0 Å². The maximum absolute atomic E-state index is 11.8. The highest BCUT2D eigenvalue weighted by atomic mass is 79.9. The van der Waals surface area contributed by atoms with Crippen LogP contribution in [0.25, 0.3) is 0 Å². The molecule has 0 saturated carbocycles. The van der Waals surface area contributed by atoms with Crippen LogP contribution >= 0.6 is 27.3 Å². The molecule has 0 aliphatic heterocycles. The van der Waals surface area contributed by atoms with Crippen LogP contribution in [-0.4, -0.2) is 5.91 Å². The number of hydrogen-bond donors (Lipinski definition) is 2. The van der Waals surface area contributed by atoms with Crippen molar-refractivity contribution in [3.63, 3.8) is 0 Å². The summed E-state index contributed by atoms with van der Waals surface area (Å²) in [5.41, 5.74) is 7.64. The molecule has 0 aliphatic rings. The van der Waals surface area contributed by atoms with E-state index in [1.54, 1.807) is 29.6 Å². The van der Waals surface area contributed by atoms with E-state index in [2.05, 4.69) is 21.2 Å². The molecule has 0 spiro atoms. The average Bonchev–Trinajstić information content (AvgIpc) is 2.75. The highest BCUT2D eigenvalue weighted by Gasteiger charge is 2.08. The Balaban J connectivity index is 2.18. The van der Waals surface area contributed by atoms with Crippen LogP contribution in [-0.2, 0) is 0 Å². The molecular formula is C11H9BrN2OS. The fourth-order valence-corrected chi connectivity index (χ4v) is 2.35. The second kappa shape index (κ2) is 4.67. The summed E-state index contributed by atoms with van der Waals surface area (Å²) < 4.78 is 0.774. The van der Waals surface area contributed by atoms with Gasteiger partial charge >= 0.3 is 0 Å². The second-order valence-electron chi connectivity index (χ2n) is 3.21. The molecule has 0 saturated heterocycles. The van der Waals surface area contributed by atoms with Gasteiger partial charge in [-0.15, -0.1) is 0 Å². The zero-order chi connectivity index (χ0) is 11.5. The summed E-state index contributed by atoms with van der Waals surface area (Å²) in [4.78, 5) is 11.8. The van der Waals surface area contributed by atoms with Crippen LogP contribution in [0.2, 0.25) is 0 Å².